The lowest BCUT2D eigenvalue weighted by molar-refractivity contribution is -0.121. The first-order chi connectivity index (χ1) is 15.2. The van der Waals surface area contributed by atoms with Crippen LogP contribution in [0.5, 0.6) is 11.5 Å². The first-order valence-electron chi connectivity index (χ1n) is 10.7. The lowest BCUT2D eigenvalue weighted by atomic mass is 10.2. The predicted molar refractivity (Wildman–Crippen MR) is 122 cm³/mol. The Hall–Kier alpha value is -3.42. The third-order valence-electron chi connectivity index (χ3n) is 5.66. The van der Waals surface area contributed by atoms with Gasteiger partial charge in [0.1, 0.15) is 11.5 Å². The normalized spacial score (nSPS) is 16.7. The van der Waals surface area contributed by atoms with Gasteiger partial charge in [-0.25, -0.2) is 0 Å². The Morgan fingerprint density at radius 3 is 2.52 bits per heavy atom. The van der Waals surface area contributed by atoms with Crippen LogP contribution in [0.4, 0.5) is 11.4 Å². The first-order valence-corrected chi connectivity index (χ1v) is 10.7. The van der Waals surface area contributed by atoms with Gasteiger partial charge in [0.05, 0.1) is 11.4 Å². The van der Waals surface area contributed by atoms with Crippen molar-refractivity contribution < 1.29 is 14.6 Å². The minimum absolute atomic E-state index is 0.0108. The van der Waals surface area contributed by atoms with Crippen LogP contribution in [0.3, 0.4) is 0 Å². The van der Waals surface area contributed by atoms with E-state index in [2.05, 4.69) is 20.1 Å². The van der Waals surface area contributed by atoms with Gasteiger partial charge in [-0.3, -0.25) is 9.79 Å². The summed E-state index contributed by atoms with van der Waals surface area (Å²) in [6, 6.07) is 15.1. The number of nitrogens with zero attached hydrogens (tertiary/aromatic N) is 4. The fraction of sp³-hybridized carbons (Fsp3) is 0.391. The monoisotopic (exact) mass is 423 g/mol. The molecule has 4 rings (SSSR count). The summed E-state index contributed by atoms with van der Waals surface area (Å²) in [5, 5.41) is 13.5. The Labute approximate surface area is 182 Å². The highest BCUT2D eigenvalue weighted by Gasteiger charge is 2.25. The number of amides is 1. The molecule has 164 valence electrons. The summed E-state index contributed by atoms with van der Waals surface area (Å²) < 4.78 is 5.50. The van der Waals surface area contributed by atoms with Crippen molar-refractivity contribution in [3.63, 3.8) is 0 Å². The van der Waals surface area contributed by atoms with Crippen molar-refractivity contribution in [1.82, 2.24) is 10.2 Å². The van der Waals surface area contributed by atoms with Crippen LogP contribution >= 0.6 is 0 Å². The summed E-state index contributed by atoms with van der Waals surface area (Å²) in [7, 11) is 1.79. The fourth-order valence-corrected chi connectivity index (χ4v) is 4.06. The Morgan fingerprint density at radius 2 is 1.77 bits per heavy atom. The molecule has 0 atom stereocenters. The maximum atomic E-state index is 12.3. The Bertz CT molecular complexity index is 940. The molecule has 1 fully saturated rings. The van der Waals surface area contributed by atoms with Crippen molar-refractivity contribution >= 4 is 23.2 Å². The standard InChI is InChI=1S/C23H29N5O3/c1-24-23(27-15-13-26(14-16-27)18-7-2-4-9-20(18)29)25-11-6-12-28-19-8-3-5-10-21(19)31-17-22(28)30/h2-5,7-10,29H,6,11-17H2,1H3,(H,24,25). The summed E-state index contributed by atoms with van der Waals surface area (Å²) in [5.41, 5.74) is 1.71. The van der Waals surface area contributed by atoms with Gasteiger partial charge in [-0.2, -0.15) is 0 Å². The second kappa shape index (κ2) is 9.59. The van der Waals surface area contributed by atoms with Crippen LogP contribution < -0.4 is 19.9 Å². The number of anilines is 2. The molecular formula is C23H29N5O3. The zero-order valence-electron chi connectivity index (χ0n) is 17.8. The number of fused-ring (bicyclic) bond motifs is 1. The largest absolute Gasteiger partial charge is 0.506 e. The molecular weight excluding hydrogens is 394 g/mol. The topological polar surface area (TPSA) is 80.6 Å². The molecule has 31 heavy (non-hydrogen) atoms. The molecule has 0 bridgehead atoms. The van der Waals surface area contributed by atoms with Gasteiger partial charge in [0.2, 0.25) is 0 Å². The van der Waals surface area contributed by atoms with E-state index in [0.717, 1.165) is 62.2 Å². The second-order valence-electron chi connectivity index (χ2n) is 7.59. The van der Waals surface area contributed by atoms with Crippen LogP contribution in [-0.4, -0.2) is 74.8 Å². The Kier molecular flexibility index (Phi) is 6.45. The van der Waals surface area contributed by atoms with Gasteiger partial charge in [0.15, 0.2) is 12.6 Å². The Balaban J connectivity index is 1.26. The molecule has 2 heterocycles. The number of carbonyl (C=O) groups is 1. The van der Waals surface area contributed by atoms with Gasteiger partial charge < -0.3 is 29.9 Å². The molecule has 2 aromatic carbocycles. The number of hydrogen-bond donors (Lipinski definition) is 2. The molecule has 8 heteroatoms. The van der Waals surface area contributed by atoms with E-state index in [9.17, 15) is 9.90 Å². The number of carbonyl (C=O) groups excluding carboxylic acids is 1. The highest BCUT2D eigenvalue weighted by Crippen LogP contribution is 2.31. The number of ether oxygens (including phenoxy) is 1. The smallest absolute Gasteiger partial charge is 0.265 e. The SMILES string of the molecule is CN=C(NCCCN1C(=O)COc2ccccc21)N1CCN(c2ccccc2O)CC1. The number of phenolic OH excluding ortho intramolecular Hbond substituents is 1. The summed E-state index contributed by atoms with van der Waals surface area (Å²) >= 11 is 0. The lowest BCUT2D eigenvalue weighted by Gasteiger charge is -2.38. The zero-order valence-corrected chi connectivity index (χ0v) is 17.8. The molecule has 2 aromatic rings. The van der Waals surface area contributed by atoms with E-state index in [-0.39, 0.29) is 12.5 Å². The molecule has 2 N–H and O–H groups in total. The van der Waals surface area contributed by atoms with Crippen molar-refractivity contribution in [2.45, 2.75) is 6.42 Å². The number of phenols is 1. The van der Waals surface area contributed by atoms with E-state index in [1.165, 1.54) is 0 Å². The Morgan fingerprint density at radius 1 is 1.06 bits per heavy atom. The second-order valence-corrected chi connectivity index (χ2v) is 7.59. The summed E-state index contributed by atoms with van der Waals surface area (Å²) in [4.78, 5) is 22.9. The average molecular weight is 424 g/mol. The van der Waals surface area contributed by atoms with Crippen LogP contribution in [0.1, 0.15) is 6.42 Å². The highest BCUT2D eigenvalue weighted by molar-refractivity contribution is 5.97. The number of benzene rings is 2. The van der Waals surface area contributed by atoms with Crippen molar-refractivity contribution in [2.75, 3.05) is 62.7 Å². The number of aromatic hydroxyl groups is 1. The van der Waals surface area contributed by atoms with E-state index < -0.39 is 0 Å². The molecule has 2 aliphatic heterocycles. The van der Waals surface area contributed by atoms with Crippen molar-refractivity contribution in [2.24, 2.45) is 4.99 Å². The van der Waals surface area contributed by atoms with Crippen LogP contribution in [0.25, 0.3) is 0 Å². The molecule has 0 aromatic heterocycles. The first kappa shape index (κ1) is 20.8. The van der Waals surface area contributed by atoms with Crippen molar-refractivity contribution in [3.05, 3.63) is 48.5 Å². The number of piperazine rings is 1. The van der Waals surface area contributed by atoms with Gasteiger partial charge in [0, 0.05) is 46.3 Å². The minimum atomic E-state index is -0.0108. The van der Waals surface area contributed by atoms with Gasteiger partial charge >= 0.3 is 0 Å². The van der Waals surface area contributed by atoms with E-state index in [4.69, 9.17) is 4.74 Å². The maximum absolute atomic E-state index is 12.3. The lowest BCUT2D eigenvalue weighted by Crippen LogP contribution is -2.52. The number of nitrogens with one attached hydrogen (secondary N) is 1. The molecule has 0 unspecified atom stereocenters. The molecule has 0 saturated carbocycles. The van der Waals surface area contributed by atoms with Crippen LogP contribution in [0.2, 0.25) is 0 Å². The number of aliphatic imine (C=N–C) groups is 1. The fourth-order valence-electron chi connectivity index (χ4n) is 4.06. The van der Waals surface area contributed by atoms with Gasteiger partial charge in [-0.05, 0) is 30.7 Å². The van der Waals surface area contributed by atoms with Gasteiger partial charge in [0.25, 0.3) is 5.91 Å². The highest BCUT2D eigenvalue weighted by atomic mass is 16.5. The van der Waals surface area contributed by atoms with Crippen LogP contribution in [0, 0.1) is 0 Å². The molecule has 8 nitrogen and oxygen atoms in total. The van der Waals surface area contributed by atoms with Gasteiger partial charge in [-0.1, -0.05) is 24.3 Å². The van der Waals surface area contributed by atoms with Crippen LogP contribution in [0.15, 0.2) is 53.5 Å². The van der Waals surface area contributed by atoms with E-state index >= 15 is 0 Å². The average Bonchev–Trinajstić information content (AvgIpc) is 2.81. The van der Waals surface area contributed by atoms with E-state index in [1.807, 2.05) is 42.5 Å². The number of para-hydroxylation sites is 4. The predicted octanol–water partition coefficient (Wildman–Crippen LogP) is 1.91. The number of guanidine groups is 1. The number of rotatable bonds is 5. The van der Waals surface area contributed by atoms with E-state index in [0.29, 0.717) is 12.3 Å². The third kappa shape index (κ3) is 4.68. The maximum Gasteiger partial charge on any atom is 0.265 e. The third-order valence-corrected chi connectivity index (χ3v) is 5.66. The van der Waals surface area contributed by atoms with Crippen LogP contribution in [-0.2, 0) is 4.79 Å². The van der Waals surface area contributed by atoms with E-state index in [1.54, 1.807) is 18.0 Å². The quantitative estimate of drug-likeness (QED) is 0.434. The zero-order chi connectivity index (χ0) is 21.6. The molecule has 0 radical (unpaired) electrons. The molecule has 0 spiro atoms. The summed E-state index contributed by atoms with van der Waals surface area (Å²) in [6.45, 7) is 4.72. The summed E-state index contributed by atoms with van der Waals surface area (Å²) in [5.74, 6) is 1.93. The molecule has 0 aliphatic carbocycles. The van der Waals surface area contributed by atoms with Crippen molar-refractivity contribution in [3.8, 4) is 11.5 Å². The van der Waals surface area contributed by atoms with Crippen molar-refractivity contribution in [1.29, 1.82) is 0 Å². The number of hydrogen-bond acceptors (Lipinski definition) is 5. The molecule has 1 saturated heterocycles. The summed E-state index contributed by atoms with van der Waals surface area (Å²) in [6.07, 6.45) is 0.803. The molecule has 2 aliphatic rings. The minimum Gasteiger partial charge on any atom is -0.506 e. The van der Waals surface area contributed by atoms with Gasteiger partial charge in [-0.15, -0.1) is 0 Å². The molecule has 1 amide bonds.